The van der Waals surface area contributed by atoms with Crippen LogP contribution in [-0.2, 0) is 6.54 Å². The van der Waals surface area contributed by atoms with Crippen molar-refractivity contribution in [3.8, 4) is 0 Å². The van der Waals surface area contributed by atoms with Gasteiger partial charge in [0, 0.05) is 41.2 Å². The van der Waals surface area contributed by atoms with E-state index in [1.165, 1.54) is 0 Å². The first-order valence-corrected chi connectivity index (χ1v) is 8.72. The Labute approximate surface area is 153 Å². The summed E-state index contributed by atoms with van der Waals surface area (Å²) in [6.07, 6.45) is 0.616. The summed E-state index contributed by atoms with van der Waals surface area (Å²) < 4.78 is 1.94. The Morgan fingerprint density at radius 1 is 1.19 bits per heavy atom. The van der Waals surface area contributed by atoms with Gasteiger partial charge in [0.25, 0.3) is 5.91 Å². The molecule has 1 unspecified atom stereocenters. The van der Waals surface area contributed by atoms with E-state index in [2.05, 4.69) is 5.32 Å². The molecule has 0 spiro atoms. The van der Waals surface area contributed by atoms with Gasteiger partial charge in [0.05, 0.1) is 0 Å². The van der Waals surface area contributed by atoms with Gasteiger partial charge in [-0.2, -0.15) is 0 Å². The number of nitrogens with zero attached hydrogens (tertiary/aromatic N) is 1. The van der Waals surface area contributed by atoms with Crippen LogP contribution in [0.15, 0.2) is 54.6 Å². The molecule has 4 N–H and O–H groups in total. The van der Waals surface area contributed by atoms with Gasteiger partial charge < -0.3 is 21.0 Å². The lowest BCUT2D eigenvalue weighted by Crippen LogP contribution is -2.24. The number of carbonyl (C=O) groups excluding carboxylic acids is 1. The van der Waals surface area contributed by atoms with Crippen molar-refractivity contribution in [2.24, 2.45) is 5.73 Å². The van der Waals surface area contributed by atoms with Gasteiger partial charge >= 0.3 is 0 Å². The van der Waals surface area contributed by atoms with Crippen molar-refractivity contribution >= 4 is 22.5 Å². The van der Waals surface area contributed by atoms with Crippen molar-refractivity contribution in [2.75, 3.05) is 7.05 Å². The number of aromatic nitrogens is 1. The highest BCUT2D eigenvalue weighted by atomic mass is 16.1. The van der Waals surface area contributed by atoms with E-state index in [0.29, 0.717) is 24.4 Å². The lowest BCUT2D eigenvalue weighted by molar-refractivity contribution is 0.0992. The molecule has 0 bridgehead atoms. The predicted molar refractivity (Wildman–Crippen MR) is 106 cm³/mol. The van der Waals surface area contributed by atoms with Crippen molar-refractivity contribution in [2.45, 2.75) is 25.9 Å². The molecule has 2 aromatic carbocycles. The monoisotopic (exact) mass is 348 g/mol. The first-order valence-electron chi connectivity index (χ1n) is 8.72. The quantitative estimate of drug-likeness (QED) is 0.573. The fourth-order valence-corrected chi connectivity index (χ4v) is 3.21. The fourth-order valence-electron chi connectivity index (χ4n) is 3.21. The molecular weight excluding hydrogens is 324 g/mol. The molecule has 0 aliphatic rings. The molecule has 1 atom stereocenters. The second-order valence-electron chi connectivity index (χ2n) is 6.58. The number of amides is 1. The van der Waals surface area contributed by atoms with Crippen LogP contribution in [0, 0.1) is 5.41 Å². The van der Waals surface area contributed by atoms with Gasteiger partial charge in [0.2, 0.25) is 0 Å². The Kier molecular flexibility index (Phi) is 5.19. The maximum absolute atomic E-state index is 12.0. The molecule has 0 aliphatic carbocycles. The van der Waals surface area contributed by atoms with Crippen molar-refractivity contribution in [1.82, 2.24) is 9.88 Å². The predicted octanol–water partition coefficient (Wildman–Crippen LogP) is 3.15. The van der Waals surface area contributed by atoms with Crippen LogP contribution < -0.4 is 11.1 Å². The number of hydrogen-bond donors (Lipinski definition) is 3. The van der Waals surface area contributed by atoms with Crippen molar-refractivity contribution < 1.29 is 4.79 Å². The fraction of sp³-hybridized carbons (Fsp3) is 0.238. The number of primary amides is 1. The van der Waals surface area contributed by atoms with Gasteiger partial charge in [-0.1, -0.05) is 42.5 Å². The third kappa shape index (κ3) is 3.53. The van der Waals surface area contributed by atoms with Crippen molar-refractivity contribution in [3.05, 3.63) is 71.4 Å². The van der Waals surface area contributed by atoms with E-state index < -0.39 is 5.91 Å². The van der Waals surface area contributed by atoms with Crippen LogP contribution in [0.3, 0.4) is 0 Å². The van der Waals surface area contributed by atoms with E-state index in [9.17, 15) is 4.79 Å². The summed E-state index contributed by atoms with van der Waals surface area (Å²) in [6.45, 7) is 2.61. The van der Waals surface area contributed by atoms with Gasteiger partial charge in [-0.05, 0) is 31.7 Å². The van der Waals surface area contributed by atoms with Gasteiger partial charge in [-0.3, -0.25) is 4.79 Å². The van der Waals surface area contributed by atoms with Gasteiger partial charge in [-0.25, -0.2) is 0 Å². The van der Waals surface area contributed by atoms with Crippen LogP contribution in [0.5, 0.6) is 0 Å². The number of rotatable bonds is 7. The molecule has 5 heteroatoms. The third-order valence-corrected chi connectivity index (χ3v) is 4.71. The standard InChI is InChI=1S/C21H24N4O/c1-14(24-2)11-18(22)16-9-6-10-19-17(16)12-20(21(23)26)25(19)13-15-7-4-3-5-8-15/h3-10,12,14,22,24H,11,13H2,1-2H3,(H2,23,26). The van der Waals surface area contributed by atoms with Crippen LogP contribution in [-0.4, -0.2) is 29.3 Å². The first kappa shape index (κ1) is 17.9. The molecule has 0 fully saturated rings. The zero-order valence-electron chi connectivity index (χ0n) is 15.1. The first-order chi connectivity index (χ1) is 12.5. The molecule has 0 radical (unpaired) electrons. The molecule has 0 saturated carbocycles. The Balaban J connectivity index is 2.10. The smallest absolute Gasteiger partial charge is 0.265 e. The van der Waals surface area contributed by atoms with E-state index in [1.54, 1.807) is 0 Å². The largest absolute Gasteiger partial charge is 0.364 e. The molecule has 1 heterocycles. The molecule has 0 saturated heterocycles. The van der Waals surface area contributed by atoms with Crippen LogP contribution >= 0.6 is 0 Å². The zero-order chi connectivity index (χ0) is 18.7. The summed E-state index contributed by atoms with van der Waals surface area (Å²) >= 11 is 0. The average Bonchev–Trinajstić information content (AvgIpc) is 3.01. The van der Waals surface area contributed by atoms with Crippen LogP contribution in [0.1, 0.15) is 35.0 Å². The van der Waals surface area contributed by atoms with Gasteiger partial charge in [0.1, 0.15) is 5.69 Å². The maximum Gasteiger partial charge on any atom is 0.265 e. The number of benzene rings is 2. The lowest BCUT2D eigenvalue weighted by Gasteiger charge is -2.13. The molecular formula is C21H24N4O. The summed E-state index contributed by atoms with van der Waals surface area (Å²) in [4.78, 5) is 12.0. The number of fused-ring (bicyclic) bond motifs is 1. The van der Waals surface area contributed by atoms with Crippen LogP contribution in [0.25, 0.3) is 10.9 Å². The van der Waals surface area contributed by atoms with E-state index in [1.807, 2.05) is 73.1 Å². The zero-order valence-corrected chi connectivity index (χ0v) is 15.1. The molecule has 26 heavy (non-hydrogen) atoms. The number of carbonyl (C=O) groups is 1. The molecule has 3 rings (SSSR count). The Morgan fingerprint density at radius 3 is 2.58 bits per heavy atom. The SMILES string of the molecule is CNC(C)CC(=N)c1cccc2c1cc(C(N)=O)n2Cc1ccccc1. The molecule has 5 nitrogen and oxygen atoms in total. The number of nitrogens with one attached hydrogen (secondary N) is 2. The minimum atomic E-state index is -0.460. The number of hydrogen-bond acceptors (Lipinski definition) is 3. The molecule has 3 aromatic rings. The summed E-state index contributed by atoms with van der Waals surface area (Å²) in [6, 6.07) is 17.8. The molecule has 1 amide bonds. The van der Waals surface area contributed by atoms with E-state index in [-0.39, 0.29) is 6.04 Å². The minimum absolute atomic E-state index is 0.208. The maximum atomic E-state index is 12.0. The van der Waals surface area contributed by atoms with Gasteiger partial charge in [0.15, 0.2) is 0 Å². The number of nitrogens with two attached hydrogens (primary N) is 1. The normalized spacial score (nSPS) is 12.2. The molecule has 1 aromatic heterocycles. The lowest BCUT2D eigenvalue weighted by atomic mass is 10.0. The van der Waals surface area contributed by atoms with Gasteiger partial charge in [-0.15, -0.1) is 0 Å². The Morgan fingerprint density at radius 2 is 1.92 bits per heavy atom. The van der Waals surface area contributed by atoms with E-state index in [4.69, 9.17) is 11.1 Å². The second kappa shape index (κ2) is 7.54. The summed E-state index contributed by atoms with van der Waals surface area (Å²) in [5.74, 6) is -0.460. The van der Waals surface area contributed by atoms with E-state index >= 15 is 0 Å². The van der Waals surface area contributed by atoms with E-state index in [0.717, 1.165) is 22.0 Å². The Bertz CT molecular complexity index is 943. The minimum Gasteiger partial charge on any atom is -0.364 e. The van der Waals surface area contributed by atoms with Crippen molar-refractivity contribution in [1.29, 1.82) is 5.41 Å². The molecule has 134 valence electrons. The van der Waals surface area contributed by atoms with Crippen LogP contribution in [0.2, 0.25) is 0 Å². The molecule has 0 aliphatic heterocycles. The van der Waals surface area contributed by atoms with Crippen molar-refractivity contribution in [3.63, 3.8) is 0 Å². The highest BCUT2D eigenvalue weighted by Crippen LogP contribution is 2.26. The highest BCUT2D eigenvalue weighted by molar-refractivity contribution is 6.11. The van der Waals surface area contributed by atoms with Crippen LogP contribution in [0.4, 0.5) is 0 Å². The third-order valence-electron chi connectivity index (χ3n) is 4.71. The highest BCUT2D eigenvalue weighted by Gasteiger charge is 2.17. The summed E-state index contributed by atoms with van der Waals surface area (Å²) in [7, 11) is 1.89. The Hall–Kier alpha value is -2.92. The topological polar surface area (TPSA) is 83.9 Å². The summed E-state index contributed by atoms with van der Waals surface area (Å²) in [5, 5.41) is 12.5. The summed E-state index contributed by atoms with van der Waals surface area (Å²) in [5.41, 5.74) is 9.51. The second-order valence-corrected chi connectivity index (χ2v) is 6.58. The average molecular weight is 348 g/mol.